The summed E-state index contributed by atoms with van der Waals surface area (Å²) in [4.78, 5) is 3.31. The Morgan fingerprint density at radius 1 is 1.13 bits per heavy atom. The molecule has 0 radical (unpaired) electrons. The normalized spacial score (nSPS) is 19.3. The van der Waals surface area contributed by atoms with Crippen molar-refractivity contribution in [3.63, 3.8) is 0 Å². The van der Waals surface area contributed by atoms with Gasteiger partial charge in [0.1, 0.15) is 0 Å². The van der Waals surface area contributed by atoms with E-state index in [1.807, 2.05) is 0 Å². The fourth-order valence-corrected chi connectivity index (χ4v) is 2.24. The molecule has 0 fully saturated rings. The summed E-state index contributed by atoms with van der Waals surface area (Å²) >= 11 is 0. The quantitative estimate of drug-likeness (QED) is 0.574. The Bertz CT molecular complexity index is 507. The maximum atomic E-state index is 3.34. The minimum Gasteiger partial charge on any atom is -0.386 e. The Balaban J connectivity index is 2.13. The fraction of sp³-hybridized carbons (Fsp3) is 0.333. The van der Waals surface area contributed by atoms with Crippen LogP contribution >= 0.6 is 0 Å². The summed E-state index contributed by atoms with van der Waals surface area (Å²) in [5.41, 5.74) is 2.85. The SMILES string of the molecule is C1=C(c2c[nH]c3c2=CCNC=3)CCNC1. The van der Waals surface area contributed by atoms with E-state index in [1.165, 1.54) is 21.7 Å². The molecule has 3 heterocycles. The van der Waals surface area contributed by atoms with Crippen LogP contribution in [0.25, 0.3) is 17.8 Å². The van der Waals surface area contributed by atoms with Gasteiger partial charge in [0, 0.05) is 36.3 Å². The van der Waals surface area contributed by atoms with Gasteiger partial charge in [0.05, 0.1) is 5.35 Å². The van der Waals surface area contributed by atoms with Crippen molar-refractivity contribution < 1.29 is 0 Å². The molecule has 0 saturated carbocycles. The lowest BCUT2D eigenvalue weighted by Crippen LogP contribution is -2.33. The molecule has 2 aliphatic rings. The van der Waals surface area contributed by atoms with Crippen molar-refractivity contribution in [1.82, 2.24) is 15.6 Å². The number of aromatic amines is 1. The zero-order valence-electron chi connectivity index (χ0n) is 8.64. The van der Waals surface area contributed by atoms with Crippen LogP contribution in [-0.2, 0) is 0 Å². The molecule has 78 valence electrons. The summed E-state index contributed by atoms with van der Waals surface area (Å²) in [6.07, 6.45) is 9.86. The summed E-state index contributed by atoms with van der Waals surface area (Å²) in [6.45, 7) is 3.02. The zero-order chi connectivity index (χ0) is 10.1. The van der Waals surface area contributed by atoms with Gasteiger partial charge in [-0.3, -0.25) is 0 Å². The van der Waals surface area contributed by atoms with Crippen molar-refractivity contribution in [2.75, 3.05) is 19.6 Å². The lowest BCUT2D eigenvalue weighted by Gasteiger charge is -2.13. The van der Waals surface area contributed by atoms with E-state index in [0.717, 1.165) is 26.1 Å². The third-order valence-corrected chi connectivity index (χ3v) is 3.03. The largest absolute Gasteiger partial charge is 0.386 e. The highest BCUT2D eigenvalue weighted by Crippen LogP contribution is 2.14. The standard InChI is InChI=1S/C12H15N3/c1-4-13-5-2-9(1)11-7-15-12-8-14-6-3-10(11)12/h1,3,7-8,13-15H,2,4-6H2. The molecule has 3 rings (SSSR count). The second-order valence-electron chi connectivity index (χ2n) is 3.97. The monoisotopic (exact) mass is 201 g/mol. The van der Waals surface area contributed by atoms with E-state index >= 15 is 0 Å². The van der Waals surface area contributed by atoms with Crippen molar-refractivity contribution >= 4 is 17.8 Å². The van der Waals surface area contributed by atoms with Crippen LogP contribution < -0.4 is 21.2 Å². The van der Waals surface area contributed by atoms with Crippen LogP contribution in [0.2, 0.25) is 0 Å². The molecule has 0 bridgehead atoms. The molecule has 0 amide bonds. The molecular weight excluding hydrogens is 186 g/mol. The third-order valence-electron chi connectivity index (χ3n) is 3.03. The molecule has 3 nitrogen and oxygen atoms in total. The fourth-order valence-electron chi connectivity index (χ4n) is 2.24. The van der Waals surface area contributed by atoms with Crippen LogP contribution in [0.15, 0.2) is 12.3 Å². The summed E-state index contributed by atoms with van der Waals surface area (Å²) in [5.74, 6) is 0. The Labute approximate surface area is 88.6 Å². The lowest BCUT2D eigenvalue weighted by molar-refractivity contribution is 0.738. The Kier molecular flexibility index (Phi) is 2.10. The molecule has 15 heavy (non-hydrogen) atoms. The summed E-state index contributed by atoms with van der Waals surface area (Å²) in [7, 11) is 0. The number of aromatic nitrogens is 1. The number of hydrogen-bond acceptors (Lipinski definition) is 2. The highest BCUT2D eigenvalue weighted by atomic mass is 14.9. The van der Waals surface area contributed by atoms with E-state index in [2.05, 4.69) is 40.2 Å². The van der Waals surface area contributed by atoms with Gasteiger partial charge in [-0.1, -0.05) is 12.2 Å². The predicted octanol–water partition coefficient (Wildman–Crippen LogP) is -0.487. The van der Waals surface area contributed by atoms with Gasteiger partial charge in [0.25, 0.3) is 0 Å². The number of H-pyrrole nitrogens is 1. The van der Waals surface area contributed by atoms with Gasteiger partial charge in [0.2, 0.25) is 0 Å². The van der Waals surface area contributed by atoms with E-state index in [9.17, 15) is 0 Å². The highest BCUT2D eigenvalue weighted by Gasteiger charge is 2.09. The van der Waals surface area contributed by atoms with E-state index in [4.69, 9.17) is 0 Å². The first-order valence-corrected chi connectivity index (χ1v) is 5.46. The molecule has 1 aromatic heterocycles. The van der Waals surface area contributed by atoms with E-state index in [0.29, 0.717) is 0 Å². The van der Waals surface area contributed by atoms with Crippen LogP contribution in [0.3, 0.4) is 0 Å². The van der Waals surface area contributed by atoms with Crippen LogP contribution in [0.1, 0.15) is 12.0 Å². The van der Waals surface area contributed by atoms with Gasteiger partial charge in [-0.15, -0.1) is 0 Å². The van der Waals surface area contributed by atoms with Crippen LogP contribution in [0.4, 0.5) is 0 Å². The van der Waals surface area contributed by atoms with Crippen LogP contribution in [0, 0.1) is 0 Å². The minimum atomic E-state index is 0.934. The Morgan fingerprint density at radius 2 is 2.13 bits per heavy atom. The van der Waals surface area contributed by atoms with Gasteiger partial charge >= 0.3 is 0 Å². The molecule has 0 unspecified atom stereocenters. The maximum Gasteiger partial charge on any atom is 0.0617 e. The molecule has 2 aliphatic heterocycles. The topological polar surface area (TPSA) is 39.9 Å². The van der Waals surface area contributed by atoms with Gasteiger partial charge in [-0.25, -0.2) is 0 Å². The van der Waals surface area contributed by atoms with Gasteiger partial charge in [-0.05, 0) is 18.5 Å². The first-order chi connectivity index (χ1) is 7.45. The molecule has 0 spiro atoms. The second kappa shape index (κ2) is 3.59. The first-order valence-electron chi connectivity index (χ1n) is 5.46. The van der Waals surface area contributed by atoms with Crippen LogP contribution in [-0.4, -0.2) is 24.6 Å². The molecule has 1 aromatic rings. The molecule has 0 atom stereocenters. The number of fused-ring (bicyclic) bond motifs is 1. The number of rotatable bonds is 1. The summed E-state index contributed by atoms with van der Waals surface area (Å²) in [5, 5.41) is 9.12. The Hall–Kier alpha value is -1.48. The van der Waals surface area contributed by atoms with Crippen molar-refractivity contribution in [2.45, 2.75) is 6.42 Å². The molecular formula is C12H15N3. The average Bonchev–Trinajstić information content (AvgIpc) is 2.74. The van der Waals surface area contributed by atoms with Crippen molar-refractivity contribution in [3.05, 3.63) is 28.4 Å². The third kappa shape index (κ3) is 1.49. The zero-order valence-corrected chi connectivity index (χ0v) is 8.64. The van der Waals surface area contributed by atoms with Crippen LogP contribution in [0.5, 0.6) is 0 Å². The second-order valence-corrected chi connectivity index (χ2v) is 3.97. The first kappa shape index (κ1) is 8.80. The smallest absolute Gasteiger partial charge is 0.0617 e. The van der Waals surface area contributed by atoms with Crippen molar-refractivity contribution in [2.24, 2.45) is 0 Å². The van der Waals surface area contributed by atoms with E-state index in [1.54, 1.807) is 0 Å². The van der Waals surface area contributed by atoms with Crippen molar-refractivity contribution in [1.29, 1.82) is 0 Å². The molecule has 0 aliphatic carbocycles. The van der Waals surface area contributed by atoms with E-state index < -0.39 is 0 Å². The molecule has 0 saturated heterocycles. The Morgan fingerprint density at radius 3 is 3.00 bits per heavy atom. The molecule has 3 heteroatoms. The van der Waals surface area contributed by atoms with Crippen molar-refractivity contribution in [3.8, 4) is 0 Å². The molecule has 0 aromatic carbocycles. The van der Waals surface area contributed by atoms with Gasteiger partial charge in [0.15, 0.2) is 0 Å². The van der Waals surface area contributed by atoms with Gasteiger partial charge < -0.3 is 15.6 Å². The maximum absolute atomic E-state index is 3.34. The average molecular weight is 201 g/mol. The predicted molar refractivity (Wildman–Crippen MR) is 62.4 cm³/mol. The van der Waals surface area contributed by atoms with E-state index in [-0.39, 0.29) is 0 Å². The minimum absolute atomic E-state index is 0.934. The number of hydrogen-bond donors (Lipinski definition) is 3. The summed E-state index contributed by atoms with van der Waals surface area (Å²) < 4.78 is 0. The molecule has 3 N–H and O–H groups in total. The number of nitrogens with one attached hydrogen (secondary N) is 3. The van der Waals surface area contributed by atoms with Gasteiger partial charge in [-0.2, -0.15) is 0 Å². The highest BCUT2D eigenvalue weighted by molar-refractivity contribution is 5.68. The lowest BCUT2D eigenvalue weighted by atomic mass is 10.0. The summed E-state index contributed by atoms with van der Waals surface area (Å²) in [6, 6.07) is 0.